The lowest BCUT2D eigenvalue weighted by atomic mass is 10.1. The number of rotatable bonds is 9. The summed E-state index contributed by atoms with van der Waals surface area (Å²) in [6.45, 7) is 1.96. The minimum Gasteiger partial charge on any atom is -0.493 e. The zero-order valence-corrected chi connectivity index (χ0v) is 20.4. The number of hydrogen-bond acceptors (Lipinski definition) is 8. The summed E-state index contributed by atoms with van der Waals surface area (Å²) in [6.07, 6.45) is 0.634. The van der Waals surface area contributed by atoms with Gasteiger partial charge in [0.15, 0.2) is 17.3 Å². The summed E-state index contributed by atoms with van der Waals surface area (Å²) in [7, 11) is 4.55. The lowest BCUT2D eigenvalue weighted by Crippen LogP contribution is -2.21. The Labute approximate surface area is 209 Å². The number of hydrogen-bond donors (Lipinski definition) is 0. The van der Waals surface area contributed by atoms with Crippen LogP contribution in [0.4, 0.5) is 0 Å². The topological polar surface area (TPSA) is 89.5 Å². The van der Waals surface area contributed by atoms with Crippen LogP contribution in [0, 0.1) is 0 Å². The van der Waals surface area contributed by atoms with E-state index >= 15 is 0 Å². The molecule has 0 fully saturated rings. The zero-order chi connectivity index (χ0) is 25.7. The molecule has 3 aromatic carbocycles. The third kappa shape index (κ3) is 4.98. The fourth-order valence-corrected chi connectivity index (χ4v) is 3.81. The van der Waals surface area contributed by atoms with Crippen molar-refractivity contribution in [3.63, 3.8) is 0 Å². The van der Waals surface area contributed by atoms with Gasteiger partial charge in [-0.3, -0.25) is 4.79 Å². The highest BCUT2D eigenvalue weighted by Crippen LogP contribution is 2.40. The third-order valence-corrected chi connectivity index (χ3v) is 5.48. The van der Waals surface area contributed by atoms with Crippen molar-refractivity contribution in [1.82, 2.24) is 0 Å². The predicted molar refractivity (Wildman–Crippen MR) is 132 cm³/mol. The molecule has 1 aliphatic rings. The molecule has 1 aliphatic heterocycles. The monoisotopic (exact) mass is 490 g/mol. The van der Waals surface area contributed by atoms with Crippen LogP contribution in [0.25, 0.3) is 6.08 Å². The van der Waals surface area contributed by atoms with Gasteiger partial charge in [0.2, 0.25) is 17.6 Å². The molecule has 0 spiro atoms. The summed E-state index contributed by atoms with van der Waals surface area (Å²) in [4.78, 5) is 25.6. The summed E-state index contributed by atoms with van der Waals surface area (Å²) >= 11 is 0. The van der Waals surface area contributed by atoms with Crippen molar-refractivity contribution < 1.29 is 38.0 Å². The number of ketones is 1. The number of allylic oxidation sites excluding steroid dienone is 1. The maximum atomic E-state index is 13.0. The highest BCUT2D eigenvalue weighted by Gasteiger charge is 2.30. The molecule has 4 rings (SSSR count). The van der Waals surface area contributed by atoms with Crippen LogP contribution in [0.5, 0.6) is 28.7 Å². The Hall–Kier alpha value is -4.46. The van der Waals surface area contributed by atoms with E-state index in [-0.39, 0.29) is 18.1 Å². The molecule has 0 radical (unpaired) electrons. The summed E-state index contributed by atoms with van der Waals surface area (Å²) < 4.78 is 33.2. The van der Waals surface area contributed by atoms with Crippen molar-refractivity contribution in [3.8, 4) is 28.7 Å². The first-order chi connectivity index (χ1) is 17.5. The van der Waals surface area contributed by atoms with Gasteiger partial charge in [0.05, 0.1) is 33.5 Å². The van der Waals surface area contributed by atoms with Crippen molar-refractivity contribution in [2.75, 3.05) is 27.9 Å². The normalized spacial score (nSPS) is 14.0. The van der Waals surface area contributed by atoms with Gasteiger partial charge in [-0.2, -0.15) is 0 Å². The van der Waals surface area contributed by atoms with Crippen molar-refractivity contribution in [2.45, 2.75) is 13.0 Å². The van der Waals surface area contributed by atoms with E-state index < -0.39 is 12.1 Å². The number of methoxy groups -OCH3 is 3. The minimum atomic E-state index is -0.962. The van der Waals surface area contributed by atoms with E-state index in [0.717, 1.165) is 0 Å². The third-order valence-electron chi connectivity index (χ3n) is 5.48. The van der Waals surface area contributed by atoms with Crippen LogP contribution in [0.1, 0.15) is 34.5 Å². The van der Waals surface area contributed by atoms with Gasteiger partial charge in [0.25, 0.3) is 0 Å². The number of carbonyl (C=O) groups is 2. The zero-order valence-electron chi connectivity index (χ0n) is 20.4. The second-order valence-corrected chi connectivity index (χ2v) is 7.72. The van der Waals surface area contributed by atoms with E-state index in [2.05, 4.69) is 0 Å². The van der Waals surface area contributed by atoms with Crippen LogP contribution < -0.4 is 23.7 Å². The molecule has 0 aromatic heterocycles. The van der Waals surface area contributed by atoms with Crippen LogP contribution in [0.3, 0.4) is 0 Å². The smallest absolute Gasteiger partial charge is 0.352 e. The maximum Gasteiger partial charge on any atom is 0.352 e. The molecule has 0 saturated heterocycles. The number of Topliss-reactive ketones (excluding diaryl/α,β-unsaturated/α-hetero) is 1. The van der Waals surface area contributed by atoms with Gasteiger partial charge < -0.3 is 28.4 Å². The molecule has 3 aromatic rings. The van der Waals surface area contributed by atoms with E-state index in [1.807, 2.05) is 18.2 Å². The molecule has 1 atom stereocenters. The summed E-state index contributed by atoms with van der Waals surface area (Å²) in [5.74, 6) is 1.37. The van der Waals surface area contributed by atoms with Gasteiger partial charge in [-0.05, 0) is 42.8 Å². The largest absolute Gasteiger partial charge is 0.493 e. The van der Waals surface area contributed by atoms with Gasteiger partial charge in [0.1, 0.15) is 11.5 Å². The molecule has 0 bridgehead atoms. The minimum absolute atomic E-state index is 0.126. The summed E-state index contributed by atoms with van der Waals surface area (Å²) in [5, 5.41) is 0. The summed E-state index contributed by atoms with van der Waals surface area (Å²) in [6, 6.07) is 17.3. The lowest BCUT2D eigenvalue weighted by molar-refractivity contribution is -0.151. The van der Waals surface area contributed by atoms with Crippen molar-refractivity contribution in [1.29, 1.82) is 0 Å². The first-order valence-corrected chi connectivity index (χ1v) is 11.3. The van der Waals surface area contributed by atoms with Gasteiger partial charge >= 0.3 is 5.97 Å². The number of carbonyl (C=O) groups excluding carboxylic acids is 2. The SMILES string of the molecule is CCOC(=O)[C@@H](Oc1ccc2c(c1)O/C(=C\c1cc(OC)c(OC)c(OC)c1)C2=O)c1ccccc1. The van der Waals surface area contributed by atoms with E-state index in [0.29, 0.717) is 45.4 Å². The van der Waals surface area contributed by atoms with Gasteiger partial charge in [-0.25, -0.2) is 4.79 Å². The fraction of sp³-hybridized carbons (Fsp3) is 0.214. The predicted octanol–water partition coefficient (Wildman–Crippen LogP) is 5.01. The van der Waals surface area contributed by atoms with Crippen LogP contribution in [0.15, 0.2) is 66.4 Å². The molecule has 36 heavy (non-hydrogen) atoms. The standard InChI is InChI=1S/C28H26O8/c1-5-34-28(30)26(18-9-7-6-8-10-18)35-19-11-12-20-21(16-19)36-22(25(20)29)13-17-14-23(31-2)27(33-4)24(15-17)32-3/h6-16,26H,5H2,1-4H3/b22-13-/t26-/m0/s1. The van der Waals surface area contributed by atoms with Gasteiger partial charge in [-0.1, -0.05) is 30.3 Å². The maximum absolute atomic E-state index is 13.0. The summed E-state index contributed by atoms with van der Waals surface area (Å²) in [5.41, 5.74) is 1.66. The Kier molecular flexibility index (Phi) is 7.44. The Morgan fingerprint density at radius 3 is 2.25 bits per heavy atom. The molecule has 186 valence electrons. The van der Waals surface area contributed by atoms with Crippen LogP contribution in [-0.4, -0.2) is 39.7 Å². The van der Waals surface area contributed by atoms with Crippen LogP contribution >= 0.6 is 0 Å². The van der Waals surface area contributed by atoms with Gasteiger partial charge in [0, 0.05) is 11.6 Å². The average molecular weight is 491 g/mol. The molecule has 0 unspecified atom stereocenters. The van der Waals surface area contributed by atoms with Crippen molar-refractivity contribution in [2.24, 2.45) is 0 Å². The van der Waals surface area contributed by atoms with Crippen LogP contribution in [-0.2, 0) is 9.53 Å². The molecular formula is C28H26O8. The van der Waals surface area contributed by atoms with Gasteiger partial charge in [-0.15, -0.1) is 0 Å². The number of fused-ring (bicyclic) bond motifs is 1. The van der Waals surface area contributed by atoms with Crippen molar-refractivity contribution in [3.05, 3.63) is 83.1 Å². The van der Waals surface area contributed by atoms with E-state index in [1.165, 1.54) is 21.3 Å². The molecule has 0 N–H and O–H groups in total. The average Bonchev–Trinajstić information content (AvgIpc) is 3.21. The molecule has 0 aliphatic carbocycles. The quantitative estimate of drug-likeness (QED) is 0.305. The number of ether oxygens (including phenoxy) is 6. The highest BCUT2D eigenvalue weighted by molar-refractivity contribution is 6.14. The Balaban J connectivity index is 1.61. The number of esters is 1. The van der Waals surface area contributed by atoms with E-state index in [9.17, 15) is 9.59 Å². The Morgan fingerprint density at radius 1 is 0.944 bits per heavy atom. The van der Waals surface area contributed by atoms with E-state index in [1.54, 1.807) is 55.5 Å². The van der Waals surface area contributed by atoms with Crippen LogP contribution in [0.2, 0.25) is 0 Å². The highest BCUT2D eigenvalue weighted by atomic mass is 16.6. The lowest BCUT2D eigenvalue weighted by Gasteiger charge is -2.18. The Bertz CT molecular complexity index is 1270. The van der Waals surface area contributed by atoms with Crippen molar-refractivity contribution >= 4 is 17.8 Å². The molecule has 8 nitrogen and oxygen atoms in total. The first-order valence-electron chi connectivity index (χ1n) is 11.3. The molecular weight excluding hydrogens is 464 g/mol. The second-order valence-electron chi connectivity index (χ2n) is 7.72. The second kappa shape index (κ2) is 10.9. The Morgan fingerprint density at radius 2 is 1.64 bits per heavy atom. The van der Waals surface area contributed by atoms with E-state index in [4.69, 9.17) is 28.4 Å². The molecule has 8 heteroatoms. The molecule has 0 amide bonds. The number of benzene rings is 3. The molecule has 1 heterocycles. The fourth-order valence-electron chi connectivity index (χ4n) is 3.81. The first kappa shape index (κ1) is 24.7. The molecule has 0 saturated carbocycles.